The fourth-order valence-electron chi connectivity index (χ4n) is 2.98. The fourth-order valence-corrected chi connectivity index (χ4v) is 14.3. The van der Waals surface area contributed by atoms with Crippen LogP contribution < -0.4 is 0 Å². The van der Waals surface area contributed by atoms with Crippen molar-refractivity contribution in [2.24, 2.45) is 0 Å². The third-order valence-electron chi connectivity index (χ3n) is 3.98. The van der Waals surface area contributed by atoms with Crippen molar-refractivity contribution in [2.45, 2.75) is 27.5 Å². The van der Waals surface area contributed by atoms with Crippen LogP contribution in [0.2, 0.25) is 8.26 Å². The molecule has 0 N–H and O–H groups in total. The molecule has 0 nitrogen and oxygen atoms in total. The van der Waals surface area contributed by atoms with Crippen LogP contribution in [0.5, 0.6) is 0 Å². The molecule has 0 spiro atoms. The summed E-state index contributed by atoms with van der Waals surface area (Å²) < 4.78 is 6.94. The van der Waals surface area contributed by atoms with Crippen LogP contribution in [0.1, 0.15) is 19.3 Å². The summed E-state index contributed by atoms with van der Waals surface area (Å²) in [5.41, 5.74) is 0. The first-order valence-corrected chi connectivity index (χ1v) is 11.6. The molecule has 1 heterocycles. The molecule has 0 bridgehead atoms. The van der Waals surface area contributed by atoms with Gasteiger partial charge in [-0.2, -0.15) is 0 Å². The van der Waals surface area contributed by atoms with Crippen LogP contribution in [0.3, 0.4) is 0 Å². The molecule has 1 fully saturated rings. The van der Waals surface area contributed by atoms with Crippen LogP contribution >= 0.6 is 0 Å². The first-order chi connectivity index (χ1) is 6.92. The summed E-state index contributed by atoms with van der Waals surface area (Å²) in [6.45, 7) is 0. The normalized spacial score (nSPS) is 27.4. The van der Waals surface area contributed by atoms with E-state index in [1.807, 2.05) is 6.56 Å². The maximum atomic E-state index is 2.44. The fraction of sp³-hybridized carbons (Fsp3) is 0.385. The summed E-state index contributed by atoms with van der Waals surface area (Å²) in [7, 11) is 0. The third kappa shape index (κ3) is 1.22. The second kappa shape index (κ2) is 3.45. The minimum atomic E-state index is -1.88. The Morgan fingerprint density at radius 2 is 1.43 bits per heavy atom. The van der Waals surface area contributed by atoms with Crippen LogP contribution in [-0.4, -0.2) is 0 Å². The zero-order chi connectivity index (χ0) is 9.43. The van der Waals surface area contributed by atoms with E-state index in [9.17, 15) is 0 Å². The Morgan fingerprint density at radius 3 is 1.71 bits per heavy atom. The van der Waals surface area contributed by atoms with Crippen molar-refractivity contribution in [3.63, 3.8) is 0 Å². The zero-order valence-electron chi connectivity index (χ0n) is 8.50. The van der Waals surface area contributed by atoms with Gasteiger partial charge in [-0.25, -0.2) is 0 Å². The summed E-state index contributed by atoms with van der Waals surface area (Å²) in [4.78, 5) is 0. The van der Waals surface area contributed by atoms with E-state index in [0.717, 1.165) is 0 Å². The molecule has 0 atom stereocenters. The molecule has 1 heteroatoms. The van der Waals surface area contributed by atoms with E-state index in [1.54, 1.807) is 8.26 Å². The van der Waals surface area contributed by atoms with E-state index >= 15 is 0 Å². The van der Waals surface area contributed by atoms with Gasteiger partial charge in [0.1, 0.15) is 0 Å². The molecule has 72 valence electrons. The van der Waals surface area contributed by atoms with E-state index in [-0.39, 0.29) is 0 Å². The quantitative estimate of drug-likeness (QED) is 0.704. The Hall–Kier alpha value is -0.157. The van der Waals surface area contributed by atoms with Crippen LogP contribution in [0.4, 0.5) is 0 Å². The van der Waals surface area contributed by atoms with E-state index < -0.39 is 20.3 Å². The molecular formula is C13H16Zr. The average Bonchev–Trinajstić information content (AvgIpc) is 2.71. The van der Waals surface area contributed by atoms with Crippen molar-refractivity contribution in [1.29, 1.82) is 0 Å². The number of allylic oxidation sites excluding steroid dienone is 8. The Balaban J connectivity index is 1.91. The molecule has 3 rings (SSSR count). The first kappa shape index (κ1) is 9.10. The number of rotatable bonds is 2. The SMILES string of the molecule is C1=CC[C]([Zr]2([C]3=CC=CC3)[CH2]C[CH2]2)=C1. The van der Waals surface area contributed by atoms with Crippen LogP contribution in [0.25, 0.3) is 0 Å². The molecule has 1 saturated heterocycles. The van der Waals surface area contributed by atoms with E-state index in [1.165, 1.54) is 19.3 Å². The van der Waals surface area contributed by atoms with Gasteiger partial charge in [0.25, 0.3) is 0 Å². The molecule has 2 aliphatic carbocycles. The molecule has 0 aromatic carbocycles. The predicted octanol–water partition coefficient (Wildman–Crippen LogP) is 4.07. The van der Waals surface area contributed by atoms with Gasteiger partial charge in [0, 0.05) is 0 Å². The van der Waals surface area contributed by atoms with Gasteiger partial charge in [0.05, 0.1) is 0 Å². The monoisotopic (exact) mass is 262 g/mol. The second-order valence-electron chi connectivity index (χ2n) is 4.58. The molecule has 0 aromatic heterocycles. The van der Waals surface area contributed by atoms with Crippen LogP contribution in [-0.2, 0) is 20.3 Å². The van der Waals surface area contributed by atoms with Gasteiger partial charge in [-0.1, -0.05) is 0 Å². The Labute approximate surface area is 90.5 Å². The minimum absolute atomic E-state index is 1.29. The molecule has 0 aromatic rings. The predicted molar refractivity (Wildman–Crippen MR) is 57.9 cm³/mol. The van der Waals surface area contributed by atoms with E-state index in [2.05, 4.69) is 36.5 Å². The van der Waals surface area contributed by atoms with Crippen molar-refractivity contribution < 1.29 is 20.3 Å². The number of hydrogen-bond acceptors (Lipinski definition) is 0. The molecule has 3 aliphatic rings. The van der Waals surface area contributed by atoms with E-state index in [0.29, 0.717) is 0 Å². The average molecular weight is 263 g/mol. The Morgan fingerprint density at radius 1 is 0.857 bits per heavy atom. The van der Waals surface area contributed by atoms with Crippen molar-refractivity contribution in [1.82, 2.24) is 0 Å². The van der Waals surface area contributed by atoms with E-state index in [4.69, 9.17) is 0 Å². The van der Waals surface area contributed by atoms with Gasteiger partial charge in [0.15, 0.2) is 0 Å². The molecule has 0 saturated carbocycles. The Bertz CT molecular complexity index is 333. The first-order valence-electron chi connectivity index (χ1n) is 5.64. The molecule has 1 aliphatic heterocycles. The van der Waals surface area contributed by atoms with Gasteiger partial charge in [-0.15, -0.1) is 0 Å². The van der Waals surface area contributed by atoms with Crippen LogP contribution in [0, 0.1) is 0 Å². The van der Waals surface area contributed by atoms with Crippen LogP contribution in [0.15, 0.2) is 43.0 Å². The summed E-state index contributed by atoms with van der Waals surface area (Å²) in [6, 6.07) is 0. The summed E-state index contributed by atoms with van der Waals surface area (Å²) in [5.74, 6) is 0. The van der Waals surface area contributed by atoms with Gasteiger partial charge < -0.3 is 0 Å². The third-order valence-corrected chi connectivity index (χ3v) is 17.8. The van der Waals surface area contributed by atoms with Gasteiger partial charge >= 0.3 is 90.8 Å². The maximum absolute atomic E-state index is 2.44. The van der Waals surface area contributed by atoms with Crippen molar-refractivity contribution >= 4 is 0 Å². The second-order valence-corrected chi connectivity index (χ2v) is 15.5. The van der Waals surface area contributed by atoms with Gasteiger partial charge in [0.2, 0.25) is 0 Å². The molecular weight excluding hydrogens is 247 g/mol. The van der Waals surface area contributed by atoms with Crippen molar-refractivity contribution in [2.75, 3.05) is 0 Å². The summed E-state index contributed by atoms with van der Waals surface area (Å²) in [6.07, 6.45) is 18.2. The van der Waals surface area contributed by atoms with Gasteiger partial charge in [-0.3, -0.25) is 0 Å². The van der Waals surface area contributed by atoms with Crippen molar-refractivity contribution in [3.05, 3.63) is 43.0 Å². The number of hydrogen-bond donors (Lipinski definition) is 0. The van der Waals surface area contributed by atoms with Crippen molar-refractivity contribution in [3.8, 4) is 0 Å². The van der Waals surface area contributed by atoms with Gasteiger partial charge in [-0.05, 0) is 0 Å². The molecule has 14 heavy (non-hydrogen) atoms. The molecule has 0 amide bonds. The Kier molecular flexibility index (Phi) is 2.24. The summed E-state index contributed by atoms with van der Waals surface area (Å²) >= 11 is -1.88. The standard InChI is InChI=1S/2C5H5.C3H6.Zr/c2*1-2-4-5-3-1;1-3-2;/h2*1-3H,4H2;1-3H2;. The topological polar surface area (TPSA) is 0 Å². The summed E-state index contributed by atoms with van der Waals surface area (Å²) in [5, 5.41) is 0. The zero-order valence-corrected chi connectivity index (χ0v) is 11.0. The molecule has 0 unspecified atom stereocenters. The molecule has 0 radical (unpaired) electrons.